The highest BCUT2D eigenvalue weighted by Crippen LogP contribution is 2.26. The number of alkyl halides is 3. The van der Waals surface area contributed by atoms with Gasteiger partial charge in [0, 0.05) is 6.42 Å². The number of hydrogen-bond donors (Lipinski definition) is 3. The Bertz CT molecular complexity index is 598. The van der Waals surface area contributed by atoms with E-state index in [9.17, 15) is 22.8 Å². The van der Waals surface area contributed by atoms with Crippen molar-refractivity contribution in [3.63, 3.8) is 0 Å². The van der Waals surface area contributed by atoms with Gasteiger partial charge in [0.2, 0.25) is 5.91 Å². The van der Waals surface area contributed by atoms with E-state index in [0.717, 1.165) is 0 Å². The van der Waals surface area contributed by atoms with Gasteiger partial charge >= 0.3 is 17.7 Å². The second kappa shape index (κ2) is 5.19. The van der Waals surface area contributed by atoms with E-state index in [2.05, 4.69) is 10.3 Å². The average Bonchev–Trinajstić information content (AvgIpc) is 2.78. The fourth-order valence-corrected chi connectivity index (χ4v) is 1.89. The molecule has 1 aliphatic rings. The molecule has 0 unspecified atom stereocenters. The van der Waals surface area contributed by atoms with Crippen LogP contribution < -0.4 is 15.6 Å². The maximum absolute atomic E-state index is 13.3. The van der Waals surface area contributed by atoms with Crippen molar-refractivity contribution in [2.45, 2.75) is 25.2 Å². The van der Waals surface area contributed by atoms with Crippen molar-refractivity contribution < 1.29 is 27.8 Å². The van der Waals surface area contributed by atoms with E-state index in [1.165, 1.54) is 19.1 Å². The number of carbonyl (C=O) groups excluding carboxylic acids is 2. The number of amides is 2. The molecule has 21 heavy (non-hydrogen) atoms. The summed E-state index contributed by atoms with van der Waals surface area (Å²) in [7, 11) is 0. The zero-order valence-electron chi connectivity index (χ0n) is 11.0. The number of amidine groups is 1. The fraction of sp³-hybridized carbons (Fsp3) is 0.308. The van der Waals surface area contributed by atoms with E-state index < -0.39 is 23.7 Å². The van der Waals surface area contributed by atoms with Crippen molar-refractivity contribution in [1.29, 1.82) is 0 Å². The minimum atomic E-state index is -4.99. The van der Waals surface area contributed by atoms with Gasteiger partial charge < -0.3 is 0 Å². The van der Waals surface area contributed by atoms with Crippen LogP contribution in [0.2, 0.25) is 0 Å². The van der Waals surface area contributed by atoms with Gasteiger partial charge in [-0.1, -0.05) is 25.1 Å². The van der Waals surface area contributed by atoms with Gasteiger partial charge in [-0.15, -0.1) is 0 Å². The van der Waals surface area contributed by atoms with Crippen LogP contribution in [0, 0.1) is 0 Å². The molecule has 2 amide bonds. The number of carbonyl (C=O) groups is 2. The number of benzene rings is 1. The standard InChI is InChI=1S/C13H12F3N3O2/c1-2-9(20)18-12(13(14,15)16)11(21)17-10(19-12)8-6-4-3-5-7-8/h3-7H,2H2,1H3,(H,18,20)(H,17,19,21)/p+1/t12-/m1/s1. The monoisotopic (exact) mass is 300 g/mol. The molecule has 0 saturated carbocycles. The molecule has 8 heteroatoms. The first-order valence-corrected chi connectivity index (χ1v) is 6.20. The van der Waals surface area contributed by atoms with Gasteiger partial charge in [-0.25, -0.2) is 15.1 Å². The highest BCUT2D eigenvalue weighted by atomic mass is 19.4. The van der Waals surface area contributed by atoms with Crippen LogP contribution in [-0.4, -0.2) is 29.5 Å². The van der Waals surface area contributed by atoms with Gasteiger partial charge in [-0.3, -0.25) is 10.1 Å². The third kappa shape index (κ3) is 2.61. The Kier molecular flexibility index (Phi) is 3.71. The molecule has 0 spiro atoms. The summed E-state index contributed by atoms with van der Waals surface area (Å²) in [6.07, 6.45) is -5.16. The molecule has 1 aliphatic heterocycles. The normalized spacial score (nSPS) is 21.7. The van der Waals surface area contributed by atoms with Crippen LogP contribution in [0.25, 0.3) is 0 Å². The van der Waals surface area contributed by atoms with E-state index in [1.807, 2.05) is 0 Å². The van der Waals surface area contributed by atoms with Gasteiger partial charge in [-0.2, -0.15) is 13.2 Å². The van der Waals surface area contributed by atoms with Crippen LogP contribution in [0.3, 0.4) is 0 Å². The predicted molar refractivity (Wildman–Crippen MR) is 66.9 cm³/mol. The van der Waals surface area contributed by atoms with Crippen LogP contribution >= 0.6 is 0 Å². The molecule has 1 heterocycles. The number of halogens is 3. The van der Waals surface area contributed by atoms with Crippen molar-refractivity contribution in [3.05, 3.63) is 35.9 Å². The molecule has 0 radical (unpaired) electrons. The maximum atomic E-state index is 13.3. The number of rotatable bonds is 3. The zero-order chi connectivity index (χ0) is 15.7. The summed E-state index contributed by atoms with van der Waals surface area (Å²) in [6, 6.07) is 8.01. The third-order valence-corrected chi connectivity index (χ3v) is 3.03. The summed E-state index contributed by atoms with van der Waals surface area (Å²) in [5.41, 5.74) is -2.77. The van der Waals surface area contributed by atoms with Crippen LogP contribution in [0.5, 0.6) is 0 Å². The summed E-state index contributed by atoms with van der Waals surface area (Å²) >= 11 is 0. The summed E-state index contributed by atoms with van der Waals surface area (Å²) in [6.45, 7) is 1.40. The van der Waals surface area contributed by atoms with Crippen molar-refractivity contribution >= 4 is 17.6 Å². The molecule has 0 aromatic heterocycles. The Morgan fingerprint density at radius 2 is 1.95 bits per heavy atom. The van der Waals surface area contributed by atoms with Gasteiger partial charge in [0.25, 0.3) is 5.84 Å². The quantitative estimate of drug-likeness (QED) is 0.699. The average molecular weight is 300 g/mol. The van der Waals surface area contributed by atoms with Crippen molar-refractivity contribution in [3.8, 4) is 0 Å². The zero-order valence-corrected chi connectivity index (χ0v) is 11.0. The smallest absolute Gasteiger partial charge is 0.298 e. The summed E-state index contributed by atoms with van der Waals surface area (Å²) in [5.74, 6) is -2.35. The Balaban J connectivity index is 2.48. The Morgan fingerprint density at radius 3 is 2.48 bits per heavy atom. The topological polar surface area (TPSA) is 72.2 Å². The van der Waals surface area contributed by atoms with Crippen LogP contribution in [0.1, 0.15) is 18.9 Å². The molecule has 2 rings (SSSR count). The Morgan fingerprint density at radius 1 is 1.33 bits per heavy atom. The van der Waals surface area contributed by atoms with Gasteiger partial charge in [0.05, 0.1) is 5.56 Å². The Hall–Kier alpha value is -2.38. The molecule has 0 aliphatic carbocycles. The largest absolute Gasteiger partial charge is 0.465 e. The molecule has 1 aromatic rings. The lowest BCUT2D eigenvalue weighted by Gasteiger charge is -2.23. The summed E-state index contributed by atoms with van der Waals surface area (Å²) in [5, 5.41) is 3.85. The van der Waals surface area contributed by atoms with Crippen LogP contribution in [-0.2, 0) is 9.59 Å². The molecule has 1 atom stereocenters. The minimum absolute atomic E-state index is 0.102. The van der Waals surface area contributed by atoms with E-state index >= 15 is 0 Å². The van der Waals surface area contributed by atoms with E-state index in [-0.39, 0.29) is 12.3 Å². The lowest BCUT2D eigenvalue weighted by molar-refractivity contribution is -0.581. The van der Waals surface area contributed by atoms with Gasteiger partial charge in [0.15, 0.2) is 0 Å². The van der Waals surface area contributed by atoms with E-state index in [1.54, 1.807) is 23.5 Å². The van der Waals surface area contributed by atoms with E-state index in [0.29, 0.717) is 5.56 Å². The molecular formula is C13H13F3N3O2+. The van der Waals surface area contributed by atoms with Crippen molar-refractivity contribution in [2.24, 2.45) is 0 Å². The molecule has 3 N–H and O–H groups in total. The lowest BCUT2D eigenvalue weighted by atomic mass is 10.1. The molecule has 1 aromatic carbocycles. The van der Waals surface area contributed by atoms with Crippen LogP contribution in [0.4, 0.5) is 13.2 Å². The fourth-order valence-electron chi connectivity index (χ4n) is 1.89. The second-order valence-electron chi connectivity index (χ2n) is 4.47. The molecule has 112 valence electrons. The van der Waals surface area contributed by atoms with Crippen molar-refractivity contribution in [2.75, 3.05) is 0 Å². The maximum Gasteiger partial charge on any atom is 0.465 e. The molecule has 5 nitrogen and oxygen atoms in total. The number of nitrogens with one attached hydrogen (secondary N) is 3. The summed E-state index contributed by atoms with van der Waals surface area (Å²) < 4.78 is 39.9. The molecule has 0 fully saturated rings. The predicted octanol–water partition coefficient (Wildman–Crippen LogP) is -0.572. The highest BCUT2D eigenvalue weighted by molar-refractivity contribution is 6.11. The number of hydrogen-bond acceptors (Lipinski definition) is 2. The minimum Gasteiger partial charge on any atom is -0.298 e. The SMILES string of the molecule is CCC(=O)N[C@@]1(C(F)(F)F)[NH+]=C(c2ccccc2)NC1=O. The van der Waals surface area contributed by atoms with Gasteiger partial charge in [0.1, 0.15) is 0 Å². The van der Waals surface area contributed by atoms with Crippen molar-refractivity contribution in [1.82, 2.24) is 10.6 Å². The molecule has 0 bridgehead atoms. The molecular weight excluding hydrogens is 287 g/mol. The van der Waals surface area contributed by atoms with E-state index in [4.69, 9.17) is 0 Å². The lowest BCUT2D eigenvalue weighted by Crippen LogP contribution is -2.96. The second-order valence-corrected chi connectivity index (χ2v) is 4.47. The summed E-state index contributed by atoms with van der Waals surface area (Å²) in [4.78, 5) is 25.3. The Labute approximate surface area is 118 Å². The highest BCUT2D eigenvalue weighted by Gasteiger charge is 2.69. The third-order valence-electron chi connectivity index (χ3n) is 3.03. The first-order chi connectivity index (χ1) is 9.80. The van der Waals surface area contributed by atoms with Gasteiger partial charge in [-0.05, 0) is 12.1 Å². The van der Waals surface area contributed by atoms with Crippen LogP contribution in [0.15, 0.2) is 30.3 Å². The first kappa shape index (κ1) is 15.0. The molecule has 0 saturated heterocycles. The first-order valence-electron chi connectivity index (χ1n) is 6.20.